The summed E-state index contributed by atoms with van der Waals surface area (Å²) >= 11 is 5.69. The second kappa shape index (κ2) is 4.41. The van der Waals surface area contributed by atoms with E-state index in [2.05, 4.69) is 9.97 Å². The normalized spacial score (nSPS) is 10.3. The fourth-order valence-corrected chi connectivity index (χ4v) is 1.43. The number of hydrogen-bond donors (Lipinski definition) is 0. The number of aryl methyl sites for hydroxylation is 1. The molecule has 0 saturated carbocycles. The summed E-state index contributed by atoms with van der Waals surface area (Å²) < 4.78 is 0. The van der Waals surface area contributed by atoms with Gasteiger partial charge >= 0.3 is 0 Å². The second-order valence-corrected chi connectivity index (χ2v) is 3.67. The molecule has 15 heavy (non-hydrogen) atoms. The largest absolute Gasteiger partial charge is 0.254 e. The molecule has 2 nitrogen and oxygen atoms in total. The molecule has 2 heterocycles. The highest BCUT2D eigenvalue weighted by atomic mass is 35.5. The zero-order valence-electron chi connectivity index (χ0n) is 8.44. The lowest BCUT2D eigenvalue weighted by molar-refractivity contribution is 1.20. The molecule has 0 spiro atoms. The number of nitrogens with zero attached hydrogens (tertiary/aromatic N) is 2. The van der Waals surface area contributed by atoms with Gasteiger partial charge in [-0.1, -0.05) is 12.1 Å². The molecular weight excluding hydrogens is 208 g/mol. The molecule has 0 aliphatic carbocycles. The summed E-state index contributed by atoms with van der Waals surface area (Å²) in [6.45, 7) is 2.01. The quantitative estimate of drug-likeness (QED) is 0.724. The van der Waals surface area contributed by atoms with E-state index in [1.165, 1.54) is 0 Å². The van der Waals surface area contributed by atoms with Gasteiger partial charge in [-0.2, -0.15) is 0 Å². The fraction of sp³-hybridized carbons (Fsp3) is 0.167. The van der Waals surface area contributed by atoms with E-state index in [0.717, 1.165) is 22.5 Å². The minimum Gasteiger partial charge on any atom is -0.254 e. The van der Waals surface area contributed by atoms with Gasteiger partial charge in [0.05, 0.1) is 11.4 Å². The van der Waals surface area contributed by atoms with Gasteiger partial charge in [0.25, 0.3) is 0 Å². The van der Waals surface area contributed by atoms with Crippen molar-refractivity contribution in [2.75, 3.05) is 0 Å². The van der Waals surface area contributed by atoms with Gasteiger partial charge in [0, 0.05) is 18.3 Å². The predicted octanol–water partition coefficient (Wildman–Crippen LogP) is 3.19. The van der Waals surface area contributed by atoms with Gasteiger partial charge in [-0.25, -0.2) is 0 Å². The maximum Gasteiger partial charge on any atom is 0.0886 e. The Balaban J connectivity index is 2.33. The first-order valence-corrected chi connectivity index (χ1v) is 5.27. The van der Waals surface area contributed by atoms with E-state index in [4.69, 9.17) is 11.6 Å². The minimum atomic E-state index is 0.495. The third-order valence-electron chi connectivity index (χ3n) is 2.15. The maximum absolute atomic E-state index is 5.69. The molecule has 0 aliphatic heterocycles. The predicted molar refractivity (Wildman–Crippen MR) is 61.8 cm³/mol. The molecule has 0 bridgehead atoms. The average Bonchev–Trinajstić information content (AvgIpc) is 2.30. The number of hydrogen-bond acceptors (Lipinski definition) is 2. The van der Waals surface area contributed by atoms with E-state index >= 15 is 0 Å². The first kappa shape index (κ1) is 10.1. The minimum absolute atomic E-state index is 0.495. The average molecular weight is 219 g/mol. The van der Waals surface area contributed by atoms with Crippen molar-refractivity contribution in [2.45, 2.75) is 12.8 Å². The van der Waals surface area contributed by atoms with Crippen molar-refractivity contribution < 1.29 is 0 Å². The summed E-state index contributed by atoms with van der Waals surface area (Å²) in [6, 6.07) is 7.91. The number of aromatic nitrogens is 2. The van der Waals surface area contributed by atoms with Crippen LogP contribution < -0.4 is 0 Å². The van der Waals surface area contributed by atoms with Gasteiger partial charge in [0.15, 0.2) is 0 Å². The molecule has 0 unspecified atom stereocenters. The van der Waals surface area contributed by atoms with E-state index in [1.54, 1.807) is 6.20 Å². The van der Waals surface area contributed by atoms with Gasteiger partial charge in [-0.15, -0.1) is 11.6 Å². The summed E-state index contributed by atoms with van der Waals surface area (Å²) in [5.74, 6) is 0.495. The smallest absolute Gasteiger partial charge is 0.0886 e. The van der Waals surface area contributed by atoms with Crippen LogP contribution in [0.5, 0.6) is 0 Å². The van der Waals surface area contributed by atoms with E-state index in [1.807, 2.05) is 37.4 Å². The second-order valence-electron chi connectivity index (χ2n) is 3.41. The Morgan fingerprint density at radius 1 is 1.00 bits per heavy atom. The van der Waals surface area contributed by atoms with Gasteiger partial charge in [0.1, 0.15) is 0 Å². The molecular formula is C12H11ClN2. The van der Waals surface area contributed by atoms with Crippen molar-refractivity contribution in [1.82, 2.24) is 9.97 Å². The molecule has 0 saturated heterocycles. The standard InChI is InChI=1S/C12H11ClN2/c1-9-2-4-11(14-7-9)12-5-3-10(6-13)8-15-12/h2-5,7-8H,6H2,1H3. The van der Waals surface area contributed by atoms with Crippen LogP contribution in [0.2, 0.25) is 0 Å². The van der Waals surface area contributed by atoms with Crippen molar-refractivity contribution in [2.24, 2.45) is 0 Å². The Hall–Kier alpha value is -1.41. The molecule has 0 fully saturated rings. The monoisotopic (exact) mass is 218 g/mol. The van der Waals surface area contributed by atoms with Crippen molar-refractivity contribution in [3.8, 4) is 11.4 Å². The molecule has 0 aromatic carbocycles. The van der Waals surface area contributed by atoms with E-state index in [-0.39, 0.29) is 0 Å². The lowest BCUT2D eigenvalue weighted by Crippen LogP contribution is -1.88. The number of pyridine rings is 2. The Bertz CT molecular complexity index is 434. The topological polar surface area (TPSA) is 25.8 Å². The molecule has 0 aliphatic rings. The SMILES string of the molecule is Cc1ccc(-c2ccc(CCl)cn2)nc1. The highest BCUT2D eigenvalue weighted by Crippen LogP contribution is 2.15. The molecule has 2 rings (SSSR count). The van der Waals surface area contributed by atoms with Crippen LogP contribution in [0.4, 0.5) is 0 Å². The number of rotatable bonds is 2. The molecule has 0 atom stereocenters. The summed E-state index contributed by atoms with van der Waals surface area (Å²) in [5, 5.41) is 0. The van der Waals surface area contributed by atoms with E-state index < -0.39 is 0 Å². The van der Waals surface area contributed by atoms with Crippen molar-refractivity contribution >= 4 is 11.6 Å². The van der Waals surface area contributed by atoms with E-state index in [0.29, 0.717) is 5.88 Å². The third kappa shape index (κ3) is 2.34. The van der Waals surface area contributed by atoms with Crippen LogP contribution >= 0.6 is 11.6 Å². The first-order valence-electron chi connectivity index (χ1n) is 4.73. The molecule has 3 heteroatoms. The van der Waals surface area contributed by atoms with Crippen LogP contribution in [0.15, 0.2) is 36.7 Å². The lowest BCUT2D eigenvalue weighted by Gasteiger charge is -2.01. The zero-order chi connectivity index (χ0) is 10.7. The molecule has 76 valence electrons. The van der Waals surface area contributed by atoms with Crippen LogP contribution in [0, 0.1) is 6.92 Å². The third-order valence-corrected chi connectivity index (χ3v) is 2.46. The lowest BCUT2D eigenvalue weighted by atomic mass is 10.2. The maximum atomic E-state index is 5.69. The Morgan fingerprint density at radius 2 is 1.67 bits per heavy atom. The highest BCUT2D eigenvalue weighted by molar-refractivity contribution is 6.17. The summed E-state index contributed by atoms with van der Waals surface area (Å²) in [4.78, 5) is 8.61. The van der Waals surface area contributed by atoms with Gasteiger partial charge < -0.3 is 0 Å². The summed E-state index contributed by atoms with van der Waals surface area (Å²) in [7, 11) is 0. The summed E-state index contributed by atoms with van der Waals surface area (Å²) in [5.41, 5.74) is 3.94. The number of halogens is 1. The van der Waals surface area contributed by atoms with Crippen LogP contribution in [0.25, 0.3) is 11.4 Å². The fourth-order valence-electron chi connectivity index (χ4n) is 1.27. The molecule has 2 aromatic rings. The van der Waals surface area contributed by atoms with Crippen molar-refractivity contribution in [1.29, 1.82) is 0 Å². The number of alkyl halides is 1. The van der Waals surface area contributed by atoms with Gasteiger partial charge in [0.2, 0.25) is 0 Å². The molecule has 2 aromatic heterocycles. The summed E-state index contributed by atoms with van der Waals surface area (Å²) in [6.07, 6.45) is 3.62. The Kier molecular flexibility index (Phi) is 2.97. The van der Waals surface area contributed by atoms with Crippen molar-refractivity contribution in [3.63, 3.8) is 0 Å². The van der Waals surface area contributed by atoms with Crippen LogP contribution in [-0.2, 0) is 5.88 Å². The molecule has 0 N–H and O–H groups in total. The zero-order valence-corrected chi connectivity index (χ0v) is 9.20. The Morgan fingerprint density at radius 3 is 2.13 bits per heavy atom. The van der Waals surface area contributed by atoms with Crippen LogP contribution in [0.1, 0.15) is 11.1 Å². The molecule has 0 amide bonds. The van der Waals surface area contributed by atoms with Crippen LogP contribution in [0.3, 0.4) is 0 Å². The van der Waals surface area contributed by atoms with Crippen LogP contribution in [-0.4, -0.2) is 9.97 Å². The highest BCUT2D eigenvalue weighted by Gasteiger charge is 1.99. The van der Waals surface area contributed by atoms with Crippen molar-refractivity contribution in [3.05, 3.63) is 47.8 Å². The van der Waals surface area contributed by atoms with E-state index in [9.17, 15) is 0 Å². The molecule has 0 radical (unpaired) electrons. The first-order chi connectivity index (χ1) is 7.29. The van der Waals surface area contributed by atoms with Gasteiger partial charge in [-0.05, 0) is 30.2 Å². The van der Waals surface area contributed by atoms with Gasteiger partial charge in [-0.3, -0.25) is 9.97 Å². The Labute approximate surface area is 94.0 Å².